The summed E-state index contributed by atoms with van der Waals surface area (Å²) < 4.78 is 18.3. The van der Waals surface area contributed by atoms with Gasteiger partial charge in [-0.25, -0.2) is 9.37 Å². The van der Waals surface area contributed by atoms with Crippen molar-refractivity contribution in [2.45, 2.75) is 0 Å². The van der Waals surface area contributed by atoms with Crippen LogP contribution in [-0.2, 0) is 0 Å². The molecular weight excluding hydrogens is 243 g/mol. The van der Waals surface area contributed by atoms with Gasteiger partial charge in [0.1, 0.15) is 17.6 Å². The molecule has 0 amide bonds. The van der Waals surface area contributed by atoms with Gasteiger partial charge >= 0.3 is 0 Å². The second-order valence-electron chi connectivity index (χ2n) is 3.15. The Kier molecular flexibility index (Phi) is 3.22. The summed E-state index contributed by atoms with van der Waals surface area (Å²) in [5.41, 5.74) is 0.102. The zero-order chi connectivity index (χ0) is 12.3. The number of aromatic nitrogens is 1. The maximum Gasteiger partial charge on any atom is 0.171 e. The molecule has 0 saturated heterocycles. The molecule has 1 heterocycles. The monoisotopic (exact) mass is 248 g/mol. The Labute approximate surface area is 102 Å². The lowest BCUT2D eigenvalue weighted by Crippen LogP contribution is -1.91. The zero-order valence-corrected chi connectivity index (χ0v) is 9.28. The highest BCUT2D eigenvalue weighted by molar-refractivity contribution is 6.30. The standard InChI is InChI=1S/C12H6ClFN2O/c13-12-11(2-1-5-16-12)17-10-4-3-9(14)6-8(10)7-15/h1-6H. The minimum Gasteiger partial charge on any atom is -0.453 e. The minimum atomic E-state index is -0.494. The van der Waals surface area contributed by atoms with E-state index in [9.17, 15) is 4.39 Å². The first kappa shape index (κ1) is 11.4. The second kappa shape index (κ2) is 4.81. The van der Waals surface area contributed by atoms with Gasteiger partial charge in [-0.3, -0.25) is 0 Å². The molecule has 0 radical (unpaired) electrons. The van der Waals surface area contributed by atoms with Crippen LogP contribution in [0, 0.1) is 17.1 Å². The number of benzene rings is 1. The average Bonchev–Trinajstić information content (AvgIpc) is 2.34. The summed E-state index contributed by atoms with van der Waals surface area (Å²) in [7, 11) is 0. The lowest BCUT2D eigenvalue weighted by molar-refractivity contribution is 0.477. The Balaban J connectivity index is 2.37. The van der Waals surface area contributed by atoms with Crippen LogP contribution in [0.5, 0.6) is 11.5 Å². The Morgan fingerprint density at radius 3 is 2.82 bits per heavy atom. The van der Waals surface area contributed by atoms with Crippen LogP contribution in [0.4, 0.5) is 4.39 Å². The fraction of sp³-hybridized carbons (Fsp3) is 0. The Hall–Kier alpha value is -2.12. The summed E-state index contributed by atoms with van der Waals surface area (Å²) in [6.45, 7) is 0. The van der Waals surface area contributed by atoms with E-state index in [1.807, 2.05) is 6.07 Å². The minimum absolute atomic E-state index is 0.102. The number of nitrogens with zero attached hydrogens (tertiary/aromatic N) is 2. The topological polar surface area (TPSA) is 45.9 Å². The van der Waals surface area contributed by atoms with Gasteiger partial charge in [0.15, 0.2) is 10.9 Å². The fourth-order valence-corrected chi connectivity index (χ4v) is 1.40. The summed E-state index contributed by atoms with van der Waals surface area (Å²) in [6, 6.07) is 8.79. The molecule has 0 unspecified atom stereocenters. The maximum absolute atomic E-state index is 12.9. The third-order valence-electron chi connectivity index (χ3n) is 2.01. The molecule has 5 heteroatoms. The van der Waals surface area contributed by atoms with Crippen molar-refractivity contribution < 1.29 is 9.13 Å². The smallest absolute Gasteiger partial charge is 0.171 e. The van der Waals surface area contributed by atoms with E-state index in [1.165, 1.54) is 18.3 Å². The van der Waals surface area contributed by atoms with Crippen molar-refractivity contribution in [3.8, 4) is 17.6 Å². The normalized spacial score (nSPS) is 9.71. The number of hydrogen-bond acceptors (Lipinski definition) is 3. The predicted molar refractivity (Wildman–Crippen MR) is 60.4 cm³/mol. The summed E-state index contributed by atoms with van der Waals surface area (Å²) in [4.78, 5) is 3.83. The summed E-state index contributed by atoms with van der Waals surface area (Å²) in [6.07, 6.45) is 1.52. The van der Waals surface area contributed by atoms with Gasteiger partial charge in [0.2, 0.25) is 0 Å². The summed E-state index contributed by atoms with van der Waals surface area (Å²) in [5, 5.41) is 9.03. The molecular formula is C12H6ClFN2O. The van der Waals surface area contributed by atoms with Crippen LogP contribution < -0.4 is 4.74 Å². The first-order valence-electron chi connectivity index (χ1n) is 4.69. The number of rotatable bonds is 2. The van der Waals surface area contributed by atoms with Crippen molar-refractivity contribution in [1.29, 1.82) is 5.26 Å². The van der Waals surface area contributed by atoms with Gasteiger partial charge in [-0.1, -0.05) is 11.6 Å². The molecule has 0 fully saturated rings. The lowest BCUT2D eigenvalue weighted by Gasteiger charge is -2.07. The van der Waals surface area contributed by atoms with E-state index >= 15 is 0 Å². The second-order valence-corrected chi connectivity index (χ2v) is 3.50. The fourth-order valence-electron chi connectivity index (χ4n) is 1.24. The molecule has 1 aromatic heterocycles. The van der Waals surface area contributed by atoms with Gasteiger partial charge in [-0.2, -0.15) is 5.26 Å². The molecule has 2 rings (SSSR count). The Morgan fingerprint density at radius 1 is 1.29 bits per heavy atom. The highest BCUT2D eigenvalue weighted by Gasteiger charge is 2.08. The molecule has 0 aliphatic rings. The van der Waals surface area contributed by atoms with Gasteiger partial charge in [0.25, 0.3) is 0 Å². The largest absolute Gasteiger partial charge is 0.453 e. The highest BCUT2D eigenvalue weighted by atomic mass is 35.5. The summed E-state index contributed by atoms with van der Waals surface area (Å²) >= 11 is 5.81. The van der Waals surface area contributed by atoms with Crippen molar-refractivity contribution in [3.05, 3.63) is 53.1 Å². The lowest BCUT2D eigenvalue weighted by atomic mass is 10.2. The number of nitriles is 1. The average molecular weight is 249 g/mol. The third-order valence-corrected chi connectivity index (χ3v) is 2.29. The van der Waals surface area contributed by atoms with Crippen molar-refractivity contribution in [2.75, 3.05) is 0 Å². The van der Waals surface area contributed by atoms with Crippen LogP contribution >= 0.6 is 11.6 Å². The third kappa shape index (κ3) is 2.52. The van der Waals surface area contributed by atoms with E-state index in [1.54, 1.807) is 12.1 Å². The molecule has 84 valence electrons. The first-order valence-corrected chi connectivity index (χ1v) is 5.06. The van der Waals surface area contributed by atoms with Gasteiger partial charge in [0.05, 0.1) is 5.56 Å². The molecule has 0 N–H and O–H groups in total. The maximum atomic E-state index is 12.9. The number of ether oxygens (including phenoxy) is 1. The van der Waals surface area contributed by atoms with Gasteiger partial charge < -0.3 is 4.74 Å². The van der Waals surface area contributed by atoms with Gasteiger partial charge in [0, 0.05) is 6.20 Å². The summed E-state index contributed by atoms with van der Waals surface area (Å²) in [5.74, 6) is 0.0623. The molecule has 0 aliphatic carbocycles. The van der Waals surface area contributed by atoms with Crippen LogP contribution in [0.2, 0.25) is 5.15 Å². The van der Waals surface area contributed by atoms with E-state index in [2.05, 4.69) is 4.98 Å². The quantitative estimate of drug-likeness (QED) is 0.764. The Bertz CT molecular complexity index is 595. The molecule has 0 saturated carbocycles. The van der Waals surface area contributed by atoms with E-state index in [4.69, 9.17) is 21.6 Å². The SMILES string of the molecule is N#Cc1cc(F)ccc1Oc1cccnc1Cl. The number of halogens is 2. The molecule has 0 aliphatic heterocycles. The molecule has 17 heavy (non-hydrogen) atoms. The van der Waals surface area contributed by atoms with Gasteiger partial charge in [-0.05, 0) is 30.3 Å². The van der Waals surface area contributed by atoms with Crippen LogP contribution in [0.15, 0.2) is 36.5 Å². The molecule has 1 aromatic carbocycles. The zero-order valence-electron chi connectivity index (χ0n) is 8.52. The van der Waals surface area contributed by atoms with Crippen molar-refractivity contribution in [2.24, 2.45) is 0 Å². The molecule has 2 aromatic rings. The van der Waals surface area contributed by atoms with Crippen molar-refractivity contribution in [1.82, 2.24) is 4.98 Å². The molecule has 0 spiro atoms. The van der Waals surface area contributed by atoms with E-state index < -0.39 is 5.82 Å². The molecule has 0 bridgehead atoms. The van der Waals surface area contributed by atoms with Crippen molar-refractivity contribution >= 4 is 11.6 Å². The van der Waals surface area contributed by atoms with E-state index in [0.717, 1.165) is 6.07 Å². The predicted octanol–water partition coefficient (Wildman–Crippen LogP) is 3.54. The van der Waals surface area contributed by atoms with Crippen LogP contribution in [-0.4, -0.2) is 4.98 Å². The highest BCUT2D eigenvalue weighted by Crippen LogP contribution is 2.29. The van der Waals surface area contributed by atoms with Gasteiger partial charge in [-0.15, -0.1) is 0 Å². The van der Waals surface area contributed by atoms with Crippen molar-refractivity contribution in [3.63, 3.8) is 0 Å². The van der Waals surface area contributed by atoms with E-state index in [-0.39, 0.29) is 16.5 Å². The first-order chi connectivity index (χ1) is 8.20. The Morgan fingerprint density at radius 2 is 2.12 bits per heavy atom. The van der Waals surface area contributed by atoms with Crippen LogP contribution in [0.1, 0.15) is 5.56 Å². The molecule has 0 atom stereocenters. The number of pyridine rings is 1. The van der Waals surface area contributed by atoms with Crippen LogP contribution in [0.25, 0.3) is 0 Å². The van der Waals surface area contributed by atoms with Crippen LogP contribution in [0.3, 0.4) is 0 Å². The van der Waals surface area contributed by atoms with E-state index in [0.29, 0.717) is 5.75 Å². The number of hydrogen-bond donors (Lipinski definition) is 0. The molecule has 3 nitrogen and oxygen atoms in total.